The van der Waals surface area contributed by atoms with E-state index in [1.165, 1.54) is 10.9 Å². The van der Waals surface area contributed by atoms with Crippen LogP contribution in [-0.2, 0) is 17.9 Å². The molecule has 0 unspecified atom stereocenters. The molecule has 10 nitrogen and oxygen atoms in total. The monoisotopic (exact) mass is 468 g/mol. The molecule has 34 heavy (non-hydrogen) atoms. The van der Waals surface area contributed by atoms with Crippen molar-refractivity contribution < 1.29 is 23.9 Å². The van der Waals surface area contributed by atoms with E-state index in [4.69, 9.17) is 14.2 Å². The first-order valence-corrected chi connectivity index (χ1v) is 11.0. The highest BCUT2D eigenvalue weighted by atomic mass is 16.6. The van der Waals surface area contributed by atoms with E-state index >= 15 is 0 Å². The van der Waals surface area contributed by atoms with Crippen LogP contribution in [-0.4, -0.2) is 33.8 Å². The molecule has 1 aromatic heterocycles. The molecule has 1 amide bonds. The molecule has 0 spiro atoms. The minimum absolute atomic E-state index is 0.0599. The van der Waals surface area contributed by atoms with Crippen molar-refractivity contribution in [1.82, 2.24) is 9.78 Å². The molecule has 3 rings (SSSR count). The fraction of sp³-hybridized carbons (Fsp3) is 0.333. The zero-order valence-electron chi connectivity index (χ0n) is 19.4. The minimum atomic E-state index is -0.490. The molecular formula is C24H28N4O6. The molecule has 3 aromatic rings. The van der Waals surface area contributed by atoms with Crippen molar-refractivity contribution in [1.29, 1.82) is 0 Å². The van der Waals surface area contributed by atoms with E-state index in [9.17, 15) is 14.9 Å². The van der Waals surface area contributed by atoms with Gasteiger partial charge in [0.2, 0.25) is 5.91 Å². The van der Waals surface area contributed by atoms with Crippen LogP contribution in [0.25, 0.3) is 0 Å². The quantitative estimate of drug-likeness (QED) is 0.307. The molecule has 1 heterocycles. The number of amides is 1. The van der Waals surface area contributed by atoms with E-state index < -0.39 is 4.92 Å². The van der Waals surface area contributed by atoms with Crippen molar-refractivity contribution >= 4 is 17.3 Å². The standard InChI is InChI=1S/C24H28N4O6/c1-4-32-22-11-6-18(14-23(22)33-5-2)16-34-20-9-7-19(8-10-20)25-24(29)12-13-27-15-21(28(30)31)17(3)26-27/h6-11,14-15H,4-5,12-13,16H2,1-3H3,(H,25,29). The number of carbonyl (C=O) groups is 1. The molecule has 0 saturated carbocycles. The molecule has 180 valence electrons. The molecule has 2 aromatic carbocycles. The number of nitrogens with zero attached hydrogens (tertiary/aromatic N) is 3. The number of benzene rings is 2. The fourth-order valence-electron chi connectivity index (χ4n) is 3.23. The van der Waals surface area contributed by atoms with E-state index in [2.05, 4.69) is 10.4 Å². The molecule has 0 fully saturated rings. The van der Waals surface area contributed by atoms with Crippen LogP contribution < -0.4 is 19.5 Å². The molecule has 0 aliphatic heterocycles. The van der Waals surface area contributed by atoms with E-state index in [-0.39, 0.29) is 24.6 Å². The van der Waals surface area contributed by atoms with Gasteiger partial charge in [-0.2, -0.15) is 5.10 Å². The second kappa shape index (κ2) is 11.7. The Morgan fingerprint density at radius 1 is 1.06 bits per heavy atom. The molecule has 0 bridgehead atoms. The summed E-state index contributed by atoms with van der Waals surface area (Å²) >= 11 is 0. The summed E-state index contributed by atoms with van der Waals surface area (Å²) < 4.78 is 18.5. The van der Waals surface area contributed by atoms with Gasteiger partial charge in [-0.1, -0.05) is 6.07 Å². The maximum Gasteiger partial charge on any atom is 0.309 e. The summed E-state index contributed by atoms with van der Waals surface area (Å²) in [5.74, 6) is 1.82. The first kappa shape index (κ1) is 24.6. The van der Waals surface area contributed by atoms with Gasteiger partial charge in [-0.15, -0.1) is 0 Å². The van der Waals surface area contributed by atoms with Gasteiger partial charge in [0.25, 0.3) is 0 Å². The van der Waals surface area contributed by atoms with Gasteiger partial charge in [-0.05, 0) is 62.7 Å². The number of aromatic nitrogens is 2. The summed E-state index contributed by atoms with van der Waals surface area (Å²) in [5.41, 5.74) is 1.83. The summed E-state index contributed by atoms with van der Waals surface area (Å²) in [6, 6.07) is 12.7. The first-order chi connectivity index (χ1) is 16.4. The Bertz CT molecular complexity index is 1130. The Kier molecular flexibility index (Phi) is 8.44. The summed E-state index contributed by atoms with van der Waals surface area (Å²) in [4.78, 5) is 22.6. The van der Waals surface area contributed by atoms with Crippen LogP contribution in [0.3, 0.4) is 0 Å². The third kappa shape index (κ3) is 6.71. The van der Waals surface area contributed by atoms with E-state index in [0.29, 0.717) is 48.5 Å². The highest BCUT2D eigenvalue weighted by molar-refractivity contribution is 5.90. The van der Waals surface area contributed by atoms with Crippen molar-refractivity contribution in [3.63, 3.8) is 0 Å². The van der Waals surface area contributed by atoms with Crippen LogP contribution in [0.1, 0.15) is 31.5 Å². The molecule has 0 aliphatic carbocycles. The number of anilines is 1. The Morgan fingerprint density at radius 3 is 2.41 bits per heavy atom. The number of ether oxygens (including phenoxy) is 3. The van der Waals surface area contributed by atoms with E-state index in [1.807, 2.05) is 32.0 Å². The van der Waals surface area contributed by atoms with Crippen molar-refractivity contribution in [2.24, 2.45) is 0 Å². The van der Waals surface area contributed by atoms with Gasteiger partial charge >= 0.3 is 5.69 Å². The molecule has 0 atom stereocenters. The van der Waals surface area contributed by atoms with Gasteiger partial charge < -0.3 is 19.5 Å². The third-order valence-corrected chi connectivity index (χ3v) is 4.84. The van der Waals surface area contributed by atoms with Crippen LogP contribution in [0.2, 0.25) is 0 Å². The Balaban J connectivity index is 1.50. The lowest BCUT2D eigenvalue weighted by Crippen LogP contribution is -2.14. The largest absolute Gasteiger partial charge is 0.490 e. The van der Waals surface area contributed by atoms with E-state index in [1.54, 1.807) is 31.2 Å². The Morgan fingerprint density at radius 2 is 1.76 bits per heavy atom. The minimum Gasteiger partial charge on any atom is -0.490 e. The average Bonchev–Trinajstić information content (AvgIpc) is 3.20. The van der Waals surface area contributed by atoms with Crippen LogP contribution >= 0.6 is 0 Å². The van der Waals surface area contributed by atoms with Crippen molar-refractivity contribution in [2.45, 2.75) is 40.3 Å². The van der Waals surface area contributed by atoms with Crippen LogP contribution in [0.15, 0.2) is 48.7 Å². The summed E-state index contributed by atoms with van der Waals surface area (Å²) in [5, 5.41) is 17.8. The van der Waals surface area contributed by atoms with Crippen LogP contribution in [0, 0.1) is 17.0 Å². The number of hydrogen-bond acceptors (Lipinski definition) is 7. The fourth-order valence-corrected chi connectivity index (χ4v) is 3.23. The number of nitrogens with one attached hydrogen (secondary N) is 1. The number of aryl methyl sites for hydroxylation is 2. The van der Waals surface area contributed by atoms with E-state index in [0.717, 1.165) is 5.56 Å². The number of carbonyl (C=O) groups excluding carboxylic acids is 1. The predicted octanol–water partition coefficient (Wildman–Crippen LogP) is 4.50. The summed E-state index contributed by atoms with van der Waals surface area (Å²) in [6.45, 7) is 7.10. The SMILES string of the molecule is CCOc1ccc(COc2ccc(NC(=O)CCn3cc([N+](=O)[O-])c(C)n3)cc2)cc1OCC. The Labute approximate surface area is 197 Å². The third-order valence-electron chi connectivity index (χ3n) is 4.84. The molecule has 10 heteroatoms. The highest BCUT2D eigenvalue weighted by Crippen LogP contribution is 2.29. The van der Waals surface area contributed by atoms with Gasteiger partial charge in [-0.3, -0.25) is 19.6 Å². The van der Waals surface area contributed by atoms with Gasteiger partial charge in [0.15, 0.2) is 11.5 Å². The number of nitro groups is 1. The van der Waals surface area contributed by atoms with Gasteiger partial charge in [0.1, 0.15) is 24.2 Å². The Hall–Kier alpha value is -4.08. The molecule has 1 N–H and O–H groups in total. The molecule has 0 aliphatic rings. The van der Waals surface area contributed by atoms with Gasteiger partial charge in [-0.25, -0.2) is 0 Å². The number of rotatable bonds is 12. The lowest BCUT2D eigenvalue weighted by atomic mass is 10.2. The highest BCUT2D eigenvalue weighted by Gasteiger charge is 2.15. The van der Waals surface area contributed by atoms with Crippen molar-refractivity contribution in [3.8, 4) is 17.2 Å². The zero-order valence-corrected chi connectivity index (χ0v) is 19.4. The van der Waals surface area contributed by atoms with Crippen molar-refractivity contribution in [2.75, 3.05) is 18.5 Å². The van der Waals surface area contributed by atoms with Crippen molar-refractivity contribution in [3.05, 3.63) is 70.0 Å². The summed E-state index contributed by atoms with van der Waals surface area (Å²) in [7, 11) is 0. The average molecular weight is 469 g/mol. The maximum atomic E-state index is 12.2. The molecule has 0 saturated heterocycles. The van der Waals surface area contributed by atoms with Crippen LogP contribution in [0.4, 0.5) is 11.4 Å². The number of hydrogen-bond donors (Lipinski definition) is 1. The maximum absolute atomic E-state index is 12.2. The zero-order chi connectivity index (χ0) is 24.5. The lowest BCUT2D eigenvalue weighted by Gasteiger charge is -2.13. The molecular weight excluding hydrogens is 440 g/mol. The first-order valence-electron chi connectivity index (χ1n) is 11.0. The lowest BCUT2D eigenvalue weighted by molar-refractivity contribution is -0.385. The van der Waals surface area contributed by atoms with Gasteiger partial charge in [0.05, 0.1) is 18.1 Å². The van der Waals surface area contributed by atoms with Crippen LogP contribution in [0.5, 0.6) is 17.2 Å². The predicted molar refractivity (Wildman–Crippen MR) is 126 cm³/mol. The second-order valence-electron chi connectivity index (χ2n) is 7.38. The second-order valence-corrected chi connectivity index (χ2v) is 7.38. The summed E-state index contributed by atoms with van der Waals surface area (Å²) in [6.07, 6.45) is 1.47. The molecule has 0 radical (unpaired) electrons. The normalized spacial score (nSPS) is 10.6. The smallest absolute Gasteiger partial charge is 0.309 e. The van der Waals surface area contributed by atoms with Gasteiger partial charge in [0, 0.05) is 18.7 Å². The topological polar surface area (TPSA) is 118 Å².